The minimum atomic E-state index is -0.113. The van der Waals surface area contributed by atoms with Gasteiger partial charge in [0.25, 0.3) is 5.56 Å². The monoisotopic (exact) mass is 362 g/mol. The van der Waals surface area contributed by atoms with Gasteiger partial charge in [-0.15, -0.1) is 0 Å². The molecule has 0 bridgehead atoms. The van der Waals surface area contributed by atoms with Gasteiger partial charge in [-0.25, -0.2) is 4.98 Å². The number of aromatic nitrogens is 4. The number of likely N-dealkylation sites (N-methyl/N-ethyl adjacent to an activating group) is 1. The van der Waals surface area contributed by atoms with Gasteiger partial charge in [-0.3, -0.25) is 9.69 Å². The molecule has 1 aliphatic heterocycles. The Morgan fingerprint density at radius 1 is 1.42 bits per heavy atom. The minimum Gasteiger partial charge on any atom is -0.374 e. The average molecular weight is 362 g/mol. The summed E-state index contributed by atoms with van der Waals surface area (Å²) in [6, 6.07) is 0. The molecule has 0 aromatic carbocycles. The van der Waals surface area contributed by atoms with Gasteiger partial charge in [-0.05, 0) is 6.42 Å². The van der Waals surface area contributed by atoms with Crippen LogP contribution in [0.4, 0.5) is 5.82 Å². The Labute approximate surface area is 152 Å². The number of hydrogen-bond acceptors (Lipinski definition) is 8. The molecule has 0 amide bonds. The van der Waals surface area contributed by atoms with Crippen molar-refractivity contribution in [3.8, 4) is 0 Å². The van der Waals surface area contributed by atoms with Gasteiger partial charge < -0.3 is 18.7 Å². The van der Waals surface area contributed by atoms with E-state index in [1.165, 1.54) is 4.57 Å². The highest BCUT2D eigenvalue weighted by Gasteiger charge is 2.24. The predicted octanol–water partition coefficient (Wildman–Crippen LogP) is 0.453. The lowest BCUT2D eigenvalue weighted by Crippen LogP contribution is -2.47. The maximum Gasteiger partial charge on any atom is 0.293 e. The quantitative estimate of drug-likeness (QED) is 0.701. The van der Waals surface area contributed by atoms with Crippen LogP contribution in [0.3, 0.4) is 0 Å². The first-order chi connectivity index (χ1) is 12.6. The largest absolute Gasteiger partial charge is 0.374 e. The van der Waals surface area contributed by atoms with Crippen molar-refractivity contribution < 1.29 is 9.26 Å². The Balaban J connectivity index is 1.57. The number of aryl methyl sites for hydroxylation is 2. The fourth-order valence-electron chi connectivity index (χ4n) is 3.04. The molecule has 2 aromatic rings. The van der Waals surface area contributed by atoms with Crippen LogP contribution in [0, 0.1) is 0 Å². The van der Waals surface area contributed by atoms with Crippen LogP contribution in [0.15, 0.2) is 21.7 Å². The Bertz CT molecular complexity index is 774. The Morgan fingerprint density at radius 3 is 3.08 bits per heavy atom. The van der Waals surface area contributed by atoms with Gasteiger partial charge in [0.1, 0.15) is 0 Å². The summed E-state index contributed by atoms with van der Waals surface area (Å²) >= 11 is 0. The van der Waals surface area contributed by atoms with Gasteiger partial charge >= 0.3 is 0 Å². The first kappa shape index (κ1) is 18.5. The van der Waals surface area contributed by atoms with Crippen LogP contribution in [0.5, 0.6) is 0 Å². The highest BCUT2D eigenvalue weighted by atomic mass is 16.5. The summed E-state index contributed by atoms with van der Waals surface area (Å²) in [5.74, 6) is 1.83. The summed E-state index contributed by atoms with van der Waals surface area (Å²) in [5.41, 5.74) is -0.113. The van der Waals surface area contributed by atoms with E-state index >= 15 is 0 Å². The van der Waals surface area contributed by atoms with Crippen LogP contribution in [-0.2, 0) is 24.8 Å². The lowest BCUT2D eigenvalue weighted by atomic mass is 10.2. The van der Waals surface area contributed by atoms with Crippen LogP contribution in [0.25, 0.3) is 0 Å². The van der Waals surface area contributed by atoms with Gasteiger partial charge in [0.15, 0.2) is 11.6 Å². The summed E-state index contributed by atoms with van der Waals surface area (Å²) in [6.45, 7) is 5.52. The Morgan fingerprint density at radius 2 is 2.27 bits per heavy atom. The molecule has 1 aliphatic rings. The predicted molar refractivity (Wildman–Crippen MR) is 96.1 cm³/mol. The normalized spacial score (nSPS) is 18.2. The second kappa shape index (κ2) is 8.41. The molecule has 1 unspecified atom stereocenters. The van der Waals surface area contributed by atoms with E-state index < -0.39 is 0 Å². The number of morpholine rings is 1. The topological polar surface area (TPSA) is 89.5 Å². The molecule has 0 radical (unpaired) electrons. The Hall–Kier alpha value is -2.26. The highest BCUT2D eigenvalue weighted by Crippen LogP contribution is 2.12. The zero-order valence-corrected chi connectivity index (χ0v) is 15.6. The molecule has 0 saturated carbocycles. The van der Waals surface area contributed by atoms with E-state index in [0.717, 1.165) is 25.9 Å². The average Bonchev–Trinajstić information content (AvgIpc) is 3.05. The summed E-state index contributed by atoms with van der Waals surface area (Å²) < 4.78 is 12.6. The third kappa shape index (κ3) is 4.47. The first-order valence-corrected chi connectivity index (χ1v) is 8.95. The summed E-state index contributed by atoms with van der Waals surface area (Å²) in [5, 5.41) is 4.05. The number of ether oxygens (including phenoxy) is 1. The lowest BCUT2D eigenvalue weighted by Gasteiger charge is -2.34. The molecular formula is C17H26N6O3. The standard InChI is InChI=1S/C17H26N6O3/c1-4-5-15-19-14(20-26-15)12-23-8-9-25-13(11-23)10-22(3)16-17(24)21(2)7-6-18-16/h6-7,13H,4-5,8-12H2,1-3H3. The number of rotatable bonds is 7. The van der Waals surface area contributed by atoms with Crippen molar-refractivity contribution in [3.63, 3.8) is 0 Å². The van der Waals surface area contributed by atoms with Crippen LogP contribution in [0.1, 0.15) is 25.1 Å². The molecule has 0 N–H and O–H groups in total. The maximum atomic E-state index is 12.2. The zero-order valence-electron chi connectivity index (χ0n) is 15.6. The molecule has 2 aromatic heterocycles. The maximum absolute atomic E-state index is 12.2. The van der Waals surface area contributed by atoms with E-state index in [2.05, 4.69) is 26.9 Å². The van der Waals surface area contributed by atoms with Crippen molar-refractivity contribution in [2.24, 2.45) is 7.05 Å². The van der Waals surface area contributed by atoms with Crippen molar-refractivity contribution in [2.75, 3.05) is 38.2 Å². The molecule has 1 fully saturated rings. The molecule has 142 valence electrons. The molecule has 1 saturated heterocycles. The van der Waals surface area contributed by atoms with Gasteiger partial charge in [-0.1, -0.05) is 12.1 Å². The van der Waals surface area contributed by atoms with Gasteiger partial charge in [0.2, 0.25) is 5.89 Å². The molecule has 3 heterocycles. The molecule has 1 atom stereocenters. The molecule has 26 heavy (non-hydrogen) atoms. The molecule has 9 nitrogen and oxygen atoms in total. The third-order valence-electron chi connectivity index (χ3n) is 4.40. The fourth-order valence-corrected chi connectivity index (χ4v) is 3.04. The van der Waals surface area contributed by atoms with E-state index in [9.17, 15) is 4.79 Å². The number of nitrogens with zero attached hydrogens (tertiary/aromatic N) is 6. The second-order valence-electron chi connectivity index (χ2n) is 6.63. The van der Waals surface area contributed by atoms with E-state index in [-0.39, 0.29) is 11.7 Å². The molecular weight excluding hydrogens is 336 g/mol. The highest BCUT2D eigenvalue weighted by molar-refractivity contribution is 5.34. The summed E-state index contributed by atoms with van der Waals surface area (Å²) in [4.78, 5) is 24.9. The van der Waals surface area contributed by atoms with Crippen molar-refractivity contribution >= 4 is 5.82 Å². The SMILES string of the molecule is CCCc1nc(CN2CCOC(CN(C)c3nccn(C)c3=O)C2)no1. The van der Waals surface area contributed by atoms with Crippen LogP contribution >= 0.6 is 0 Å². The smallest absolute Gasteiger partial charge is 0.293 e. The van der Waals surface area contributed by atoms with Crippen LogP contribution in [0.2, 0.25) is 0 Å². The van der Waals surface area contributed by atoms with Crippen LogP contribution in [-0.4, -0.2) is 64.0 Å². The van der Waals surface area contributed by atoms with Crippen molar-refractivity contribution in [3.05, 3.63) is 34.5 Å². The van der Waals surface area contributed by atoms with Crippen molar-refractivity contribution in [2.45, 2.75) is 32.4 Å². The van der Waals surface area contributed by atoms with E-state index in [1.807, 2.05) is 11.9 Å². The van der Waals surface area contributed by atoms with Gasteiger partial charge in [-0.2, -0.15) is 4.98 Å². The zero-order chi connectivity index (χ0) is 18.5. The summed E-state index contributed by atoms with van der Waals surface area (Å²) in [7, 11) is 3.58. The fraction of sp³-hybridized carbons (Fsp3) is 0.647. The molecule has 3 rings (SSSR count). The van der Waals surface area contributed by atoms with Crippen molar-refractivity contribution in [1.29, 1.82) is 0 Å². The molecule has 0 aliphatic carbocycles. The third-order valence-corrected chi connectivity index (χ3v) is 4.40. The summed E-state index contributed by atoms with van der Waals surface area (Å²) in [6.07, 6.45) is 5.06. The van der Waals surface area contributed by atoms with E-state index in [4.69, 9.17) is 9.26 Å². The molecule has 9 heteroatoms. The second-order valence-corrected chi connectivity index (χ2v) is 6.63. The minimum absolute atomic E-state index is 0.0116. The number of hydrogen-bond donors (Lipinski definition) is 0. The van der Waals surface area contributed by atoms with E-state index in [0.29, 0.717) is 37.2 Å². The first-order valence-electron chi connectivity index (χ1n) is 8.95. The van der Waals surface area contributed by atoms with E-state index in [1.54, 1.807) is 19.4 Å². The molecule has 0 spiro atoms. The van der Waals surface area contributed by atoms with Crippen LogP contribution < -0.4 is 10.5 Å². The van der Waals surface area contributed by atoms with Crippen molar-refractivity contribution in [1.82, 2.24) is 24.6 Å². The van der Waals surface area contributed by atoms with Gasteiger partial charge in [0, 0.05) is 52.5 Å². The lowest BCUT2D eigenvalue weighted by molar-refractivity contribution is -0.0274. The Kier molecular flexibility index (Phi) is 6.00. The van der Waals surface area contributed by atoms with Gasteiger partial charge in [0.05, 0.1) is 19.3 Å². The number of anilines is 1.